The summed E-state index contributed by atoms with van der Waals surface area (Å²) in [5.74, 6) is 0.675. The van der Waals surface area contributed by atoms with Crippen LogP contribution in [0.2, 0.25) is 0 Å². The van der Waals surface area contributed by atoms with Gasteiger partial charge in [0.05, 0.1) is 5.75 Å². The van der Waals surface area contributed by atoms with E-state index >= 15 is 0 Å². The van der Waals surface area contributed by atoms with Crippen LogP contribution in [0.25, 0.3) is 0 Å². The van der Waals surface area contributed by atoms with Gasteiger partial charge in [-0.3, -0.25) is 0 Å². The number of nitrogens with two attached hydrogens (primary N) is 1. The summed E-state index contributed by atoms with van der Waals surface area (Å²) in [6.45, 7) is 4.41. The topological polar surface area (TPSA) is 72.2 Å². The van der Waals surface area contributed by atoms with Crippen molar-refractivity contribution in [2.75, 3.05) is 12.3 Å². The SMILES string of the molecule is CCC(C)(CCN)NS(=O)(=O)CC1CC1. The third-order valence-corrected chi connectivity index (χ3v) is 4.74. The molecular formula is C10H22N2O2S. The molecule has 0 heterocycles. The van der Waals surface area contributed by atoms with Crippen LogP contribution in [0, 0.1) is 5.92 Å². The minimum atomic E-state index is -3.12. The maximum Gasteiger partial charge on any atom is 0.212 e. The third kappa shape index (κ3) is 4.49. The normalized spacial score (nSPS) is 21.3. The first kappa shape index (κ1) is 12.9. The van der Waals surface area contributed by atoms with Gasteiger partial charge in [0, 0.05) is 5.54 Å². The lowest BCUT2D eigenvalue weighted by Crippen LogP contribution is -2.47. The van der Waals surface area contributed by atoms with Gasteiger partial charge < -0.3 is 5.73 Å². The summed E-state index contributed by atoms with van der Waals surface area (Å²) in [4.78, 5) is 0. The van der Waals surface area contributed by atoms with Crippen molar-refractivity contribution in [2.24, 2.45) is 11.7 Å². The molecule has 1 aliphatic carbocycles. The second kappa shape index (κ2) is 4.80. The summed E-state index contributed by atoms with van der Waals surface area (Å²) in [6, 6.07) is 0. The Morgan fingerprint density at radius 2 is 2.07 bits per heavy atom. The fourth-order valence-corrected chi connectivity index (χ4v) is 3.66. The first-order chi connectivity index (χ1) is 6.91. The van der Waals surface area contributed by atoms with Crippen LogP contribution in [-0.4, -0.2) is 26.3 Å². The van der Waals surface area contributed by atoms with Gasteiger partial charge in [-0.1, -0.05) is 6.92 Å². The fraction of sp³-hybridized carbons (Fsp3) is 1.00. The Morgan fingerprint density at radius 1 is 1.47 bits per heavy atom. The lowest BCUT2D eigenvalue weighted by molar-refractivity contribution is 0.378. The van der Waals surface area contributed by atoms with Crippen LogP contribution in [0.5, 0.6) is 0 Å². The van der Waals surface area contributed by atoms with Crippen molar-refractivity contribution in [3.8, 4) is 0 Å². The van der Waals surface area contributed by atoms with Crippen LogP contribution in [0.15, 0.2) is 0 Å². The van der Waals surface area contributed by atoms with Crippen LogP contribution in [0.1, 0.15) is 39.5 Å². The summed E-state index contributed by atoms with van der Waals surface area (Å²) in [7, 11) is -3.12. The standard InChI is InChI=1S/C10H22N2O2S/c1-3-10(2,6-7-11)12-15(13,14)8-9-4-5-9/h9,12H,3-8,11H2,1-2H3. The molecule has 1 atom stereocenters. The van der Waals surface area contributed by atoms with Crippen molar-refractivity contribution in [3.05, 3.63) is 0 Å². The van der Waals surface area contributed by atoms with E-state index in [1.807, 2.05) is 13.8 Å². The molecule has 0 radical (unpaired) electrons. The van der Waals surface area contributed by atoms with Gasteiger partial charge in [-0.05, 0) is 45.1 Å². The lowest BCUT2D eigenvalue weighted by atomic mass is 9.96. The Labute approximate surface area is 92.7 Å². The molecular weight excluding hydrogens is 212 g/mol. The zero-order valence-electron chi connectivity index (χ0n) is 9.62. The second-order valence-corrected chi connectivity index (χ2v) is 6.55. The van der Waals surface area contributed by atoms with E-state index in [0.717, 1.165) is 19.3 Å². The Bertz CT molecular complexity index is 299. The maximum absolute atomic E-state index is 11.8. The molecule has 0 aromatic rings. The summed E-state index contributed by atoms with van der Waals surface area (Å²) in [5, 5.41) is 0. The van der Waals surface area contributed by atoms with Crippen LogP contribution in [0.3, 0.4) is 0 Å². The Hall–Kier alpha value is -0.130. The summed E-state index contributed by atoms with van der Waals surface area (Å²) in [6.07, 6.45) is 3.57. The predicted molar refractivity (Wildman–Crippen MR) is 62.0 cm³/mol. The van der Waals surface area contributed by atoms with Crippen molar-refractivity contribution in [1.29, 1.82) is 0 Å². The molecule has 1 aliphatic rings. The van der Waals surface area contributed by atoms with Gasteiger partial charge in [-0.15, -0.1) is 0 Å². The molecule has 1 unspecified atom stereocenters. The van der Waals surface area contributed by atoms with E-state index in [2.05, 4.69) is 4.72 Å². The maximum atomic E-state index is 11.8. The van der Waals surface area contributed by atoms with Gasteiger partial charge in [0.2, 0.25) is 10.0 Å². The molecule has 5 heteroatoms. The molecule has 3 N–H and O–H groups in total. The number of hydrogen-bond acceptors (Lipinski definition) is 3. The van der Waals surface area contributed by atoms with Crippen molar-refractivity contribution >= 4 is 10.0 Å². The Balaban J connectivity index is 2.55. The third-order valence-electron chi connectivity index (χ3n) is 3.03. The van der Waals surface area contributed by atoms with Crippen LogP contribution >= 0.6 is 0 Å². The van der Waals surface area contributed by atoms with Crippen molar-refractivity contribution in [3.63, 3.8) is 0 Å². The van der Waals surface area contributed by atoms with E-state index in [1.165, 1.54) is 0 Å². The van der Waals surface area contributed by atoms with E-state index in [4.69, 9.17) is 5.73 Å². The molecule has 0 spiro atoms. The van der Waals surface area contributed by atoms with Crippen molar-refractivity contribution in [1.82, 2.24) is 4.72 Å². The smallest absolute Gasteiger partial charge is 0.212 e. The summed E-state index contributed by atoms with van der Waals surface area (Å²) in [5.41, 5.74) is 5.12. The Morgan fingerprint density at radius 3 is 2.47 bits per heavy atom. The molecule has 0 aromatic heterocycles. The number of nitrogens with one attached hydrogen (secondary N) is 1. The van der Waals surface area contributed by atoms with Crippen molar-refractivity contribution in [2.45, 2.75) is 45.1 Å². The van der Waals surface area contributed by atoms with Gasteiger partial charge >= 0.3 is 0 Å². The molecule has 0 bridgehead atoms. The Kier molecular flexibility index (Phi) is 4.14. The highest BCUT2D eigenvalue weighted by Gasteiger charge is 2.32. The summed E-state index contributed by atoms with van der Waals surface area (Å²) < 4.78 is 26.3. The zero-order chi connectivity index (χ0) is 11.5. The van der Waals surface area contributed by atoms with Crippen LogP contribution < -0.4 is 10.5 Å². The van der Waals surface area contributed by atoms with Gasteiger partial charge in [0.1, 0.15) is 0 Å². The molecule has 0 amide bonds. The average molecular weight is 234 g/mol. The highest BCUT2D eigenvalue weighted by molar-refractivity contribution is 7.89. The molecule has 0 aliphatic heterocycles. The number of rotatable bonds is 7. The van der Waals surface area contributed by atoms with E-state index in [0.29, 0.717) is 18.9 Å². The molecule has 15 heavy (non-hydrogen) atoms. The van der Waals surface area contributed by atoms with Gasteiger partial charge in [0.25, 0.3) is 0 Å². The molecule has 1 rings (SSSR count). The van der Waals surface area contributed by atoms with E-state index in [9.17, 15) is 8.42 Å². The highest BCUT2D eigenvalue weighted by atomic mass is 32.2. The molecule has 0 saturated heterocycles. The average Bonchev–Trinajstić information content (AvgIpc) is 2.86. The zero-order valence-corrected chi connectivity index (χ0v) is 10.4. The van der Waals surface area contributed by atoms with E-state index in [-0.39, 0.29) is 11.3 Å². The lowest BCUT2D eigenvalue weighted by Gasteiger charge is -2.28. The van der Waals surface area contributed by atoms with Crippen LogP contribution in [0.4, 0.5) is 0 Å². The van der Waals surface area contributed by atoms with Gasteiger partial charge in [-0.2, -0.15) is 0 Å². The minimum Gasteiger partial charge on any atom is -0.330 e. The molecule has 1 saturated carbocycles. The largest absolute Gasteiger partial charge is 0.330 e. The number of hydrogen-bond donors (Lipinski definition) is 2. The first-order valence-corrected chi connectivity index (χ1v) is 7.28. The predicted octanol–water partition coefficient (Wildman–Crippen LogP) is 0.833. The second-order valence-electron chi connectivity index (χ2n) is 4.78. The van der Waals surface area contributed by atoms with E-state index < -0.39 is 10.0 Å². The fourth-order valence-electron chi connectivity index (χ4n) is 1.63. The quantitative estimate of drug-likeness (QED) is 0.685. The minimum absolute atomic E-state index is 0.285. The first-order valence-electron chi connectivity index (χ1n) is 5.62. The molecule has 1 fully saturated rings. The monoisotopic (exact) mass is 234 g/mol. The van der Waals surface area contributed by atoms with Crippen molar-refractivity contribution < 1.29 is 8.42 Å². The molecule has 4 nitrogen and oxygen atoms in total. The van der Waals surface area contributed by atoms with Crippen LogP contribution in [-0.2, 0) is 10.0 Å². The van der Waals surface area contributed by atoms with Gasteiger partial charge in [0.15, 0.2) is 0 Å². The van der Waals surface area contributed by atoms with Gasteiger partial charge in [-0.25, -0.2) is 13.1 Å². The molecule has 90 valence electrons. The summed E-state index contributed by atoms with van der Waals surface area (Å²) >= 11 is 0. The van der Waals surface area contributed by atoms with E-state index in [1.54, 1.807) is 0 Å². The number of sulfonamides is 1. The highest BCUT2D eigenvalue weighted by Crippen LogP contribution is 2.30. The molecule has 0 aromatic carbocycles.